The molecule has 0 saturated carbocycles. The lowest BCUT2D eigenvalue weighted by Crippen LogP contribution is -2.20. The van der Waals surface area contributed by atoms with E-state index in [1.54, 1.807) is 6.92 Å². The highest BCUT2D eigenvalue weighted by atomic mass is 32.2. The van der Waals surface area contributed by atoms with Gasteiger partial charge < -0.3 is 10.1 Å². The number of anilines is 1. The van der Waals surface area contributed by atoms with Crippen molar-refractivity contribution in [1.82, 2.24) is 10.3 Å². The average molecular weight is 475 g/mol. The molecule has 0 bridgehead atoms. The van der Waals surface area contributed by atoms with E-state index >= 15 is 0 Å². The zero-order valence-corrected chi connectivity index (χ0v) is 18.0. The molecule has 0 spiro atoms. The predicted octanol–water partition coefficient (Wildman–Crippen LogP) is 3.73. The standard InChI is InChI=1S/C20H21F4N3O4S/c1-3-10-31-19-14(5-8-17(26-19)20(22,23)24)6-9-18(28)25-12-13-4-7-16(15(21)11-13)27-32(2,29)30/h4-9,11,27H,3,10,12H2,1-2H3,(H,25,28). The van der Waals surface area contributed by atoms with Gasteiger partial charge in [-0.15, -0.1) is 0 Å². The van der Waals surface area contributed by atoms with Crippen molar-refractivity contribution in [3.8, 4) is 5.88 Å². The normalized spacial score (nSPS) is 12.1. The number of carbonyl (C=O) groups excluding carboxylic acids is 1. The number of amides is 1. The molecule has 2 rings (SSSR count). The van der Waals surface area contributed by atoms with E-state index in [9.17, 15) is 30.8 Å². The van der Waals surface area contributed by atoms with Crippen LogP contribution in [0.15, 0.2) is 36.4 Å². The number of sulfonamides is 1. The first kappa shape index (κ1) is 25.1. The second-order valence-corrected chi connectivity index (χ2v) is 8.43. The topological polar surface area (TPSA) is 97.4 Å². The van der Waals surface area contributed by atoms with E-state index in [1.807, 2.05) is 4.72 Å². The number of pyridine rings is 1. The Balaban J connectivity index is 2.06. The third-order valence-electron chi connectivity index (χ3n) is 3.83. The first-order valence-corrected chi connectivity index (χ1v) is 11.2. The molecule has 0 aliphatic rings. The van der Waals surface area contributed by atoms with Crippen LogP contribution in [-0.2, 0) is 27.5 Å². The summed E-state index contributed by atoms with van der Waals surface area (Å²) < 4.78 is 82.2. The van der Waals surface area contributed by atoms with Crippen molar-refractivity contribution in [2.24, 2.45) is 0 Å². The number of halogens is 4. The van der Waals surface area contributed by atoms with Crippen LogP contribution in [-0.4, -0.2) is 32.2 Å². The molecule has 0 radical (unpaired) electrons. The maximum Gasteiger partial charge on any atom is 0.433 e. The number of hydrogen-bond donors (Lipinski definition) is 2. The predicted molar refractivity (Wildman–Crippen MR) is 111 cm³/mol. The number of carbonyl (C=O) groups is 1. The summed E-state index contributed by atoms with van der Waals surface area (Å²) in [5.74, 6) is -1.65. The van der Waals surface area contributed by atoms with Gasteiger partial charge in [0.15, 0.2) is 0 Å². The SMILES string of the molecule is CCCOc1nc(C(F)(F)F)ccc1C=CC(=O)NCc1ccc(NS(C)(=O)=O)c(F)c1. The van der Waals surface area contributed by atoms with Crippen molar-refractivity contribution in [3.05, 3.63) is 59.0 Å². The van der Waals surface area contributed by atoms with Gasteiger partial charge in [-0.25, -0.2) is 17.8 Å². The highest BCUT2D eigenvalue weighted by molar-refractivity contribution is 7.92. The van der Waals surface area contributed by atoms with Crippen LogP contribution >= 0.6 is 0 Å². The lowest BCUT2D eigenvalue weighted by atomic mass is 10.2. The van der Waals surface area contributed by atoms with Gasteiger partial charge in [-0.1, -0.05) is 13.0 Å². The summed E-state index contributed by atoms with van der Waals surface area (Å²) in [5.41, 5.74) is -0.784. The molecule has 0 saturated heterocycles. The summed E-state index contributed by atoms with van der Waals surface area (Å²) in [6.45, 7) is 1.87. The van der Waals surface area contributed by atoms with Gasteiger partial charge in [0.05, 0.1) is 18.6 Å². The van der Waals surface area contributed by atoms with E-state index in [-0.39, 0.29) is 30.3 Å². The largest absolute Gasteiger partial charge is 0.477 e. The molecule has 0 atom stereocenters. The van der Waals surface area contributed by atoms with Gasteiger partial charge >= 0.3 is 6.18 Å². The van der Waals surface area contributed by atoms with Gasteiger partial charge in [-0.3, -0.25) is 9.52 Å². The number of aromatic nitrogens is 1. The molecule has 0 fully saturated rings. The second kappa shape index (κ2) is 10.4. The summed E-state index contributed by atoms with van der Waals surface area (Å²) in [6, 6.07) is 5.64. The third kappa shape index (κ3) is 7.84. The zero-order valence-electron chi connectivity index (χ0n) is 17.2. The molecule has 32 heavy (non-hydrogen) atoms. The van der Waals surface area contributed by atoms with Gasteiger partial charge in [0, 0.05) is 18.2 Å². The number of ether oxygens (including phenoxy) is 1. The average Bonchev–Trinajstić information content (AvgIpc) is 2.69. The second-order valence-electron chi connectivity index (χ2n) is 6.68. The van der Waals surface area contributed by atoms with E-state index in [4.69, 9.17) is 4.74 Å². The van der Waals surface area contributed by atoms with Crippen molar-refractivity contribution in [1.29, 1.82) is 0 Å². The van der Waals surface area contributed by atoms with Crippen molar-refractivity contribution < 1.29 is 35.5 Å². The van der Waals surface area contributed by atoms with Gasteiger partial charge in [-0.05, 0) is 42.3 Å². The molecule has 1 aromatic heterocycles. The molecular weight excluding hydrogens is 454 g/mol. The Morgan fingerprint density at radius 1 is 1.22 bits per heavy atom. The summed E-state index contributed by atoms with van der Waals surface area (Å²) in [5, 5.41) is 2.49. The van der Waals surface area contributed by atoms with E-state index < -0.39 is 33.6 Å². The molecule has 12 heteroatoms. The summed E-state index contributed by atoms with van der Waals surface area (Å²) >= 11 is 0. The summed E-state index contributed by atoms with van der Waals surface area (Å²) in [7, 11) is -3.64. The van der Waals surface area contributed by atoms with Crippen LogP contribution in [0, 0.1) is 5.82 Å². The van der Waals surface area contributed by atoms with Crippen molar-refractivity contribution in [3.63, 3.8) is 0 Å². The maximum absolute atomic E-state index is 14.0. The smallest absolute Gasteiger partial charge is 0.433 e. The van der Waals surface area contributed by atoms with Crippen LogP contribution in [0.1, 0.15) is 30.2 Å². The molecule has 1 heterocycles. The fourth-order valence-electron chi connectivity index (χ4n) is 2.41. The highest BCUT2D eigenvalue weighted by Gasteiger charge is 2.33. The van der Waals surface area contributed by atoms with Crippen LogP contribution in [0.25, 0.3) is 6.08 Å². The van der Waals surface area contributed by atoms with E-state index in [0.29, 0.717) is 12.0 Å². The Hall–Kier alpha value is -3.15. The molecule has 0 unspecified atom stereocenters. The fourth-order valence-corrected chi connectivity index (χ4v) is 2.98. The van der Waals surface area contributed by atoms with Gasteiger partial charge in [0.25, 0.3) is 0 Å². The molecular formula is C20H21F4N3O4S. The Bertz CT molecular complexity index is 1100. The number of hydrogen-bond acceptors (Lipinski definition) is 5. The number of nitrogens with zero attached hydrogens (tertiary/aromatic N) is 1. The zero-order chi connectivity index (χ0) is 23.9. The monoisotopic (exact) mass is 475 g/mol. The Morgan fingerprint density at radius 2 is 1.94 bits per heavy atom. The van der Waals surface area contributed by atoms with E-state index in [1.165, 1.54) is 18.2 Å². The highest BCUT2D eigenvalue weighted by Crippen LogP contribution is 2.30. The first-order valence-electron chi connectivity index (χ1n) is 9.32. The summed E-state index contributed by atoms with van der Waals surface area (Å²) in [4.78, 5) is 15.5. The lowest BCUT2D eigenvalue weighted by Gasteiger charge is -2.11. The molecule has 1 amide bonds. The fraction of sp³-hybridized carbons (Fsp3) is 0.300. The number of nitrogens with one attached hydrogen (secondary N) is 2. The molecule has 174 valence electrons. The van der Waals surface area contributed by atoms with Gasteiger partial charge in [-0.2, -0.15) is 13.2 Å². The Labute approximate surface area is 182 Å². The quantitative estimate of drug-likeness (QED) is 0.426. The minimum Gasteiger partial charge on any atom is -0.477 e. The van der Waals surface area contributed by atoms with Crippen molar-refractivity contribution in [2.75, 3.05) is 17.6 Å². The molecule has 2 aromatic rings. The van der Waals surface area contributed by atoms with Crippen molar-refractivity contribution in [2.45, 2.75) is 26.1 Å². The Kier molecular flexibility index (Phi) is 8.19. The molecule has 0 aliphatic heterocycles. The van der Waals surface area contributed by atoms with E-state index in [2.05, 4.69) is 10.3 Å². The minimum absolute atomic E-state index is 0.0658. The molecule has 1 aromatic carbocycles. The first-order chi connectivity index (χ1) is 14.9. The summed E-state index contributed by atoms with van der Waals surface area (Å²) in [6.07, 6.45) is -0.855. The van der Waals surface area contributed by atoms with E-state index in [0.717, 1.165) is 30.5 Å². The molecule has 7 nitrogen and oxygen atoms in total. The van der Waals surface area contributed by atoms with Crippen molar-refractivity contribution >= 4 is 27.7 Å². The maximum atomic E-state index is 14.0. The number of alkyl halides is 3. The van der Waals surface area contributed by atoms with Crippen LogP contribution < -0.4 is 14.8 Å². The minimum atomic E-state index is -4.63. The van der Waals surface area contributed by atoms with Crippen LogP contribution in [0.3, 0.4) is 0 Å². The number of benzene rings is 1. The Morgan fingerprint density at radius 3 is 2.53 bits per heavy atom. The van der Waals surface area contributed by atoms with Gasteiger partial charge in [0.1, 0.15) is 11.5 Å². The lowest BCUT2D eigenvalue weighted by molar-refractivity contribution is -0.141. The third-order valence-corrected chi connectivity index (χ3v) is 4.42. The number of rotatable bonds is 9. The molecule has 2 N–H and O–H groups in total. The van der Waals surface area contributed by atoms with Gasteiger partial charge in [0.2, 0.25) is 21.8 Å². The van der Waals surface area contributed by atoms with Crippen LogP contribution in [0.5, 0.6) is 5.88 Å². The van der Waals surface area contributed by atoms with Crippen LogP contribution in [0.2, 0.25) is 0 Å². The molecule has 0 aliphatic carbocycles. The van der Waals surface area contributed by atoms with Crippen LogP contribution in [0.4, 0.5) is 23.2 Å².